The molecule has 0 unspecified atom stereocenters. The van der Waals surface area contributed by atoms with Gasteiger partial charge in [-0.25, -0.2) is 8.42 Å². The standard InChI is InChI=1S/C8H13N3O2S/c1-14(12,13)11-4-2-3-8-7(6-11)5-9-10-8/h5H,2-4,6H2,1H3,(H,9,10). The molecule has 1 aliphatic rings. The highest BCUT2D eigenvalue weighted by Gasteiger charge is 2.21. The topological polar surface area (TPSA) is 66.1 Å². The van der Waals surface area contributed by atoms with Crippen molar-refractivity contribution in [3.05, 3.63) is 17.5 Å². The predicted octanol–water partition coefficient (Wildman–Crippen LogP) is 0.117. The van der Waals surface area contributed by atoms with E-state index in [2.05, 4.69) is 10.2 Å². The van der Waals surface area contributed by atoms with E-state index >= 15 is 0 Å². The fraction of sp³-hybridized carbons (Fsp3) is 0.625. The maximum Gasteiger partial charge on any atom is 0.211 e. The van der Waals surface area contributed by atoms with Crippen LogP contribution in [0.25, 0.3) is 0 Å². The molecule has 1 N–H and O–H groups in total. The monoisotopic (exact) mass is 215 g/mol. The minimum Gasteiger partial charge on any atom is -0.282 e. The van der Waals surface area contributed by atoms with Crippen molar-refractivity contribution in [2.45, 2.75) is 19.4 Å². The Hall–Kier alpha value is -0.880. The van der Waals surface area contributed by atoms with Crippen molar-refractivity contribution in [2.75, 3.05) is 12.8 Å². The lowest BCUT2D eigenvalue weighted by molar-refractivity contribution is 0.413. The molecule has 0 spiro atoms. The second kappa shape index (κ2) is 3.36. The Morgan fingerprint density at radius 2 is 2.36 bits per heavy atom. The van der Waals surface area contributed by atoms with Gasteiger partial charge in [-0.05, 0) is 12.8 Å². The Morgan fingerprint density at radius 3 is 3.07 bits per heavy atom. The summed E-state index contributed by atoms with van der Waals surface area (Å²) in [5.41, 5.74) is 2.06. The lowest BCUT2D eigenvalue weighted by Gasteiger charge is -2.16. The van der Waals surface area contributed by atoms with Gasteiger partial charge in [-0.3, -0.25) is 5.10 Å². The van der Waals surface area contributed by atoms with Crippen molar-refractivity contribution < 1.29 is 8.42 Å². The van der Waals surface area contributed by atoms with E-state index in [0.717, 1.165) is 24.1 Å². The van der Waals surface area contributed by atoms with Crippen molar-refractivity contribution in [3.8, 4) is 0 Å². The van der Waals surface area contributed by atoms with Gasteiger partial charge < -0.3 is 0 Å². The molecule has 0 radical (unpaired) electrons. The average molecular weight is 215 g/mol. The Balaban J connectivity index is 2.29. The summed E-state index contributed by atoms with van der Waals surface area (Å²) in [7, 11) is -3.08. The number of rotatable bonds is 1. The van der Waals surface area contributed by atoms with Crippen molar-refractivity contribution in [1.82, 2.24) is 14.5 Å². The van der Waals surface area contributed by atoms with Crippen LogP contribution in [0.5, 0.6) is 0 Å². The van der Waals surface area contributed by atoms with Gasteiger partial charge in [-0.15, -0.1) is 0 Å². The zero-order chi connectivity index (χ0) is 10.2. The van der Waals surface area contributed by atoms with Crippen LogP contribution in [0.3, 0.4) is 0 Å². The molecule has 1 aliphatic heterocycles. The molecule has 78 valence electrons. The van der Waals surface area contributed by atoms with E-state index in [1.165, 1.54) is 10.6 Å². The molecule has 0 amide bonds. The van der Waals surface area contributed by atoms with Crippen molar-refractivity contribution >= 4 is 10.0 Å². The summed E-state index contributed by atoms with van der Waals surface area (Å²) in [6.07, 6.45) is 4.68. The van der Waals surface area contributed by atoms with Crippen LogP contribution in [0.15, 0.2) is 6.20 Å². The number of hydrogen-bond acceptors (Lipinski definition) is 3. The molecular formula is C8H13N3O2S. The highest BCUT2D eigenvalue weighted by atomic mass is 32.2. The summed E-state index contributed by atoms with van der Waals surface area (Å²) < 4.78 is 24.2. The van der Waals surface area contributed by atoms with Crippen LogP contribution >= 0.6 is 0 Å². The first kappa shape index (κ1) is 9.67. The fourth-order valence-corrected chi connectivity index (χ4v) is 2.51. The zero-order valence-corrected chi connectivity index (χ0v) is 8.84. The van der Waals surface area contributed by atoms with Gasteiger partial charge in [0, 0.05) is 24.3 Å². The zero-order valence-electron chi connectivity index (χ0n) is 8.02. The third-order valence-corrected chi connectivity index (χ3v) is 3.71. The van der Waals surface area contributed by atoms with Crippen LogP contribution in [0.1, 0.15) is 17.7 Å². The first-order valence-electron chi connectivity index (χ1n) is 4.53. The summed E-state index contributed by atoms with van der Waals surface area (Å²) in [6, 6.07) is 0. The molecule has 1 aromatic heterocycles. The molecule has 0 saturated heterocycles. The third kappa shape index (κ3) is 1.80. The summed E-state index contributed by atoms with van der Waals surface area (Å²) in [5.74, 6) is 0. The van der Waals surface area contributed by atoms with Gasteiger partial charge in [-0.1, -0.05) is 0 Å². The number of aromatic amines is 1. The van der Waals surface area contributed by atoms with Crippen LogP contribution < -0.4 is 0 Å². The number of sulfonamides is 1. The first-order valence-corrected chi connectivity index (χ1v) is 6.38. The second-order valence-electron chi connectivity index (χ2n) is 3.57. The quantitative estimate of drug-likeness (QED) is 0.723. The lowest BCUT2D eigenvalue weighted by atomic mass is 10.2. The van der Waals surface area contributed by atoms with Gasteiger partial charge in [0.25, 0.3) is 0 Å². The number of hydrogen-bond donors (Lipinski definition) is 1. The molecule has 6 heteroatoms. The Labute approximate surface area is 83.2 Å². The van der Waals surface area contributed by atoms with Crippen molar-refractivity contribution in [1.29, 1.82) is 0 Å². The van der Waals surface area contributed by atoms with E-state index in [9.17, 15) is 8.42 Å². The summed E-state index contributed by atoms with van der Waals surface area (Å²) in [5, 5.41) is 6.81. The van der Waals surface area contributed by atoms with E-state index < -0.39 is 10.0 Å². The first-order chi connectivity index (χ1) is 6.57. The highest BCUT2D eigenvalue weighted by molar-refractivity contribution is 7.88. The van der Waals surface area contributed by atoms with Crippen LogP contribution in [-0.4, -0.2) is 35.7 Å². The molecule has 2 heterocycles. The lowest BCUT2D eigenvalue weighted by Crippen LogP contribution is -2.29. The number of aryl methyl sites for hydroxylation is 1. The van der Waals surface area contributed by atoms with Crippen LogP contribution in [0.4, 0.5) is 0 Å². The van der Waals surface area contributed by atoms with E-state index in [-0.39, 0.29) is 0 Å². The Kier molecular flexibility index (Phi) is 2.32. The van der Waals surface area contributed by atoms with Gasteiger partial charge in [0.15, 0.2) is 0 Å². The molecule has 0 saturated carbocycles. The summed E-state index contributed by atoms with van der Waals surface area (Å²) >= 11 is 0. The molecule has 0 atom stereocenters. The molecule has 5 nitrogen and oxygen atoms in total. The van der Waals surface area contributed by atoms with Crippen molar-refractivity contribution in [2.24, 2.45) is 0 Å². The number of nitrogens with zero attached hydrogens (tertiary/aromatic N) is 2. The third-order valence-electron chi connectivity index (χ3n) is 2.46. The largest absolute Gasteiger partial charge is 0.282 e. The van der Waals surface area contributed by atoms with E-state index in [1.54, 1.807) is 6.20 Å². The summed E-state index contributed by atoms with van der Waals surface area (Å²) in [6.45, 7) is 1.05. The number of H-pyrrole nitrogens is 1. The highest BCUT2D eigenvalue weighted by Crippen LogP contribution is 2.17. The Morgan fingerprint density at radius 1 is 1.57 bits per heavy atom. The maximum absolute atomic E-state index is 11.4. The number of nitrogens with one attached hydrogen (secondary N) is 1. The molecule has 0 bridgehead atoms. The number of fused-ring (bicyclic) bond motifs is 1. The van der Waals surface area contributed by atoms with Crippen molar-refractivity contribution in [3.63, 3.8) is 0 Å². The molecule has 0 aliphatic carbocycles. The van der Waals surface area contributed by atoms with Crippen LogP contribution in [-0.2, 0) is 23.0 Å². The number of aromatic nitrogens is 2. The fourth-order valence-electron chi connectivity index (χ4n) is 1.67. The van der Waals surface area contributed by atoms with E-state index in [1.807, 2.05) is 0 Å². The van der Waals surface area contributed by atoms with Crippen LogP contribution in [0, 0.1) is 0 Å². The molecule has 2 rings (SSSR count). The van der Waals surface area contributed by atoms with Gasteiger partial charge >= 0.3 is 0 Å². The van der Waals surface area contributed by atoms with Gasteiger partial charge in [0.05, 0.1) is 12.5 Å². The minimum atomic E-state index is -3.08. The Bertz CT molecular complexity index is 424. The maximum atomic E-state index is 11.4. The molecular weight excluding hydrogens is 202 g/mol. The molecule has 14 heavy (non-hydrogen) atoms. The molecule has 1 aromatic rings. The second-order valence-corrected chi connectivity index (χ2v) is 5.56. The SMILES string of the molecule is CS(=O)(=O)N1CCCc2[nH]ncc2C1. The summed E-state index contributed by atoms with van der Waals surface area (Å²) in [4.78, 5) is 0. The molecule has 0 aromatic carbocycles. The smallest absolute Gasteiger partial charge is 0.211 e. The normalized spacial score (nSPS) is 18.9. The minimum absolute atomic E-state index is 0.449. The van der Waals surface area contributed by atoms with Gasteiger partial charge in [0.1, 0.15) is 0 Å². The average Bonchev–Trinajstić information content (AvgIpc) is 2.41. The van der Waals surface area contributed by atoms with E-state index in [0.29, 0.717) is 13.1 Å². The van der Waals surface area contributed by atoms with Gasteiger partial charge in [-0.2, -0.15) is 9.40 Å². The van der Waals surface area contributed by atoms with Crippen LogP contribution in [0.2, 0.25) is 0 Å². The predicted molar refractivity (Wildman–Crippen MR) is 52.2 cm³/mol. The van der Waals surface area contributed by atoms with E-state index in [4.69, 9.17) is 0 Å². The van der Waals surface area contributed by atoms with Gasteiger partial charge in [0.2, 0.25) is 10.0 Å². The molecule has 0 fully saturated rings.